The topological polar surface area (TPSA) is 46.6 Å². The zero-order chi connectivity index (χ0) is 14.5. The van der Waals surface area contributed by atoms with Crippen LogP contribution in [0.1, 0.15) is 30.4 Å². The molecule has 0 spiro atoms. The summed E-state index contributed by atoms with van der Waals surface area (Å²) in [6.45, 7) is 9.25. The molecule has 1 amide bonds. The highest BCUT2D eigenvalue weighted by Crippen LogP contribution is 2.13. The molecule has 1 rings (SSSR count). The third-order valence-electron chi connectivity index (χ3n) is 2.13. The van der Waals surface area contributed by atoms with Crippen molar-refractivity contribution in [2.75, 3.05) is 13.1 Å². The summed E-state index contributed by atoms with van der Waals surface area (Å²) in [5, 5.41) is 1.83. The molecule has 0 radical (unpaired) electrons. The van der Waals surface area contributed by atoms with Gasteiger partial charge < -0.3 is 4.74 Å². The fraction of sp³-hybridized carbons (Fsp3) is 0.429. The standard InChI is InChI=1S/C14H19NO3S/c1-5-8-15(13(17)18-14(2,3)4)10-11(16)12-7-6-9-19-12/h5-7,9H,1,8,10H2,2-4H3. The van der Waals surface area contributed by atoms with E-state index in [1.54, 1.807) is 32.9 Å². The molecule has 0 N–H and O–H groups in total. The maximum atomic E-state index is 12.0. The molecule has 0 saturated carbocycles. The van der Waals surface area contributed by atoms with Crippen molar-refractivity contribution in [2.24, 2.45) is 0 Å². The van der Waals surface area contributed by atoms with Crippen LogP contribution in [0, 0.1) is 0 Å². The third-order valence-corrected chi connectivity index (χ3v) is 3.04. The fourth-order valence-electron chi connectivity index (χ4n) is 1.37. The molecule has 1 aromatic heterocycles. The lowest BCUT2D eigenvalue weighted by Gasteiger charge is -2.26. The van der Waals surface area contributed by atoms with Crippen LogP contribution in [-0.2, 0) is 4.74 Å². The molecule has 1 heterocycles. The summed E-state index contributed by atoms with van der Waals surface area (Å²) in [6.07, 6.45) is 1.07. The Balaban J connectivity index is 2.70. The zero-order valence-electron chi connectivity index (χ0n) is 11.5. The van der Waals surface area contributed by atoms with Crippen LogP contribution in [-0.4, -0.2) is 35.5 Å². The predicted octanol–water partition coefficient (Wildman–Crippen LogP) is 3.35. The Morgan fingerprint density at radius 1 is 1.47 bits per heavy atom. The number of hydrogen-bond acceptors (Lipinski definition) is 4. The number of thiophene rings is 1. The van der Waals surface area contributed by atoms with Gasteiger partial charge in [0.2, 0.25) is 0 Å². The van der Waals surface area contributed by atoms with E-state index in [0.717, 1.165) is 0 Å². The Morgan fingerprint density at radius 3 is 2.63 bits per heavy atom. The molecule has 0 aliphatic heterocycles. The summed E-state index contributed by atoms with van der Waals surface area (Å²) in [6, 6.07) is 3.55. The molecular weight excluding hydrogens is 262 g/mol. The first-order valence-electron chi connectivity index (χ1n) is 5.99. The van der Waals surface area contributed by atoms with E-state index in [2.05, 4.69) is 6.58 Å². The second-order valence-corrected chi connectivity index (χ2v) is 6.00. The summed E-state index contributed by atoms with van der Waals surface area (Å²) in [5.74, 6) is -0.0947. The lowest BCUT2D eigenvalue weighted by Crippen LogP contribution is -2.39. The van der Waals surface area contributed by atoms with Crippen molar-refractivity contribution in [2.45, 2.75) is 26.4 Å². The highest BCUT2D eigenvalue weighted by Gasteiger charge is 2.23. The highest BCUT2D eigenvalue weighted by molar-refractivity contribution is 7.12. The first-order chi connectivity index (χ1) is 8.83. The molecule has 0 bridgehead atoms. The number of carbonyl (C=O) groups excluding carboxylic acids is 2. The number of amides is 1. The SMILES string of the molecule is C=CCN(CC(=O)c1cccs1)C(=O)OC(C)(C)C. The molecule has 19 heavy (non-hydrogen) atoms. The highest BCUT2D eigenvalue weighted by atomic mass is 32.1. The summed E-state index contributed by atoms with van der Waals surface area (Å²) >= 11 is 1.36. The van der Waals surface area contributed by atoms with Crippen molar-refractivity contribution < 1.29 is 14.3 Å². The quantitative estimate of drug-likeness (QED) is 0.614. The first-order valence-corrected chi connectivity index (χ1v) is 6.87. The van der Waals surface area contributed by atoms with Gasteiger partial charge in [-0.25, -0.2) is 4.79 Å². The van der Waals surface area contributed by atoms with Crippen LogP contribution in [0.15, 0.2) is 30.2 Å². The van der Waals surface area contributed by atoms with Crippen molar-refractivity contribution in [1.82, 2.24) is 4.90 Å². The molecule has 4 nitrogen and oxygen atoms in total. The van der Waals surface area contributed by atoms with Gasteiger partial charge in [0.25, 0.3) is 0 Å². The van der Waals surface area contributed by atoms with Gasteiger partial charge in [-0.1, -0.05) is 12.1 Å². The minimum absolute atomic E-state index is 0.00144. The minimum atomic E-state index is -0.581. The van der Waals surface area contributed by atoms with Crippen molar-refractivity contribution in [3.05, 3.63) is 35.0 Å². The largest absolute Gasteiger partial charge is 0.444 e. The molecule has 0 fully saturated rings. The van der Waals surface area contributed by atoms with Gasteiger partial charge in [-0.2, -0.15) is 0 Å². The van der Waals surface area contributed by atoms with Gasteiger partial charge in [-0.3, -0.25) is 9.69 Å². The molecule has 0 saturated heterocycles. The second-order valence-electron chi connectivity index (χ2n) is 5.05. The average Bonchev–Trinajstić information content (AvgIpc) is 2.79. The van der Waals surface area contributed by atoms with Gasteiger partial charge in [0.05, 0.1) is 11.4 Å². The third kappa shape index (κ3) is 5.26. The van der Waals surface area contributed by atoms with E-state index in [9.17, 15) is 9.59 Å². The van der Waals surface area contributed by atoms with Gasteiger partial charge in [0.1, 0.15) is 5.60 Å². The zero-order valence-corrected chi connectivity index (χ0v) is 12.3. The molecule has 0 aliphatic carbocycles. The van der Waals surface area contributed by atoms with Crippen LogP contribution in [0.4, 0.5) is 4.79 Å². The normalized spacial score (nSPS) is 10.9. The van der Waals surface area contributed by atoms with E-state index >= 15 is 0 Å². The van der Waals surface area contributed by atoms with Gasteiger partial charge in [0.15, 0.2) is 5.78 Å². The van der Waals surface area contributed by atoms with E-state index in [1.807, 2.05) is 11.4 Å². The number of nitrogens with zero attached hydrogens (tertiary/aromatic N) is 1. The smallest absolute Gasteiger partial charge is 0.410 e. The molecule has 5 heteroatoms. The number of carbonyl (C=O) groups is 2. The predicted molar refractivity (Wildman–Crippen MR) is 76.7 cm³/mol. The summed E-state index contributed by atoms with van der Waals surface area (Å²) < 4.78 is 5.26. The van der Waals surface area contributed by atoms with Crippen LogP contribution in [0.3, 0.4) is 0 Å². The number of ketones is 1. The number of ether oxygens (including phenoxy) is 1. The Kier molecular flexibility index (Phi) is 5.30. The van der Waals surface area contributed by atoms with E-state index in [4.69, 9.17) is 4.74 Å². The van der Waals surface area contributed by atoms with Crippen molar-refractivity contribution in [3.8, 4) is 0 Å². The molecule has 0 aromatic carbocycles. The van der Waals surface area contributed by atoms with Crippen LogP contribution in [0.25, 0.3) is 0 Å². The van der Waals surface area contributed by atoms with Crippen molar-refractivity contribution in [3.63, 3.8) is 0 Å². The summed E-state index contributed by atoms with van der Waals surface area (Å²) in [5.41, 5.74) is -0.581. The van der Waals surface area contributed by atoms with E-state index in [1.165, 1.54) is 16.2 Å². The first kappa shape index (κ1) is 15.4. The Bertz CT molecular complexity index is 446. The molecule has 1 aromatic rings. The maximum Gasteiger partial charge on any atom is 0.410 e. The Hall–Kier alpha value is -1.62. The fourth-order valence-corrected chi connectivity index (χ4v) is 2.03. The molecule has 0 aliphatic rings. The van der Waals surface area contributed by atoms with Crippen molar-refractivity contribution in [1.29, 1.82) is 0 Å². The van der Waals surface area contributed by atoms with Gasteiger partial charge in [0, 0.05) is 6.54 Å². The molecular formula is C14H19NO3S. The lowest BCUT2D eigenvalue weighted by molar-refractivity contribution is 0.0269. The number of hydrogen-bond donors (Lipinski definition) is 0. The van der Waals surface area contributed by atoms with E-state index in [0.29, 0.717) is 4.88 Å². The number of rotatable bonds is 5. The molecule has 0 unspecified atom stereocenters. The maximum absolute atomic E-state index is 12.0. The Labute approximate surface area is 117 Å². The van der Waals surface area contributed by atoms with Gasteiger partial charge in [-0.05, 0) is 32.2 Å². The average molecular weight is 281 g/mol. The van der Waals surface area contributed by atoms with Crippen LogP contribution in [0.2, 0.25) is 0 Å². The minimum Gasteiger partial charge on any atom is -0.444 e. The second kappa shape index (κ2) is 6.52. The Morgan fingerprint density at radius 2 is 2.16 bits per heavy atom. The van der Waals surface area contributed by atoms with E-state index in [-0.39, 0.29) is 18.9 Å². The van der Waals surface area contributed by atoms with E-state index < -0.39 is 11.7 Å². The monoisotopic (exact) mass is 281 g/mol. The van der Waals surface area contributed by atoms with Crippen molar-refractivity contribution >= 4 is 23.2 Å². The lowest BCUT2D eigenvalue weighted by atomic mass is 10.2. The van der Waals surface area contributed by atoms with Crippen LogP contribution in [0.5, 0.6) is 0 Å². The van der Waals surface area contributed by atoms with Crippen LogP contribution < -0.4 is 0 Å². The summed E-state index contributed by atoms with van der Waals surface area (Å²) in [7, 11) is 0. The molecule has 104 valence electrons. The molecule has 0 atom stereocenters. The van der Waals surface area contributed by atoms with Gasteiger partial charge >= 0.3 is 6.09 Å². The number of Topliss-reactive ketones (excluding diaryl/α,β-unsaturated/α-hetero) is 1. The summed E-state index contributed by atoms with van der Waals surface area (Å²) in [4.78, 5) is 25.9. The van der Waals surface area contributed by atoms with Crippen LogP contribution >= 0.6 is 11.3 Å². The van der Waals surface area contributed by atoms with Gasteiger partial charge in [-0.15, -0.1) is 17.9 Å².